The summed E-state index contributed by atoms with van der Waals surface area (Å²) in [4.78, 5) is 11.9. The highest BCUT2D eigenvalue weighted by Crippen LogP contribution is 2.29. The Bertz CT molecular complexity index is 546. The molecule has 4 nitrogen and oxygen atoms in total. The minimum Gasteiger partial charge on any atom is -0.339 e. The zero-order chi connectivity index (χ0) is 16.5. The molecule has 1 heterocycles. The second kappa shape index (κ2) is 6.39. The molecule has 122 valence electrons. The van der Waals surface area contributed by atoms with Gasteiger partial charge in [0.1, 0.15) is 11.9 Å². The van der Waals surface area contributed by atoms with Gasteiger partial charge in [-0.05, 0) is 12.1 Å². The SMILES string of the molecule is CC1C(NC(=O)Cc2c(F)cccc2Cl)NNC1C(F)(F)F. The van der Waals surface area contributed by atoms with E-state index < -0.39 is 36.0 Å². The molecule has 1 aliphatic rings. The summed E-state index contributed by atoms with van der Waals surface area (Å²) in [6, 6.07) is 2.23. The standard InChI is InChI=1S/C13H14ClF4N3O/c1-6-11(13(16,17)18)20-21-12(6)19-10(22)5-7-8(14)3-2-4-9(7)15/h2-4,6,11-12,20-21H,5H2,1H3,(H,19,22). The summed E-state index contributed by atoms with van der Waals surface area (Å²) in [6.45, 7) is 1.35. The highest BCUT2D eigenvalue weighted by Gasteiger charge is 2.49. The fraction of sp³-hybridized carbons (Fsp3) is 0.462. The number of hydrazine groups is 1. The number of carbonyl (C=O) groups is 1. The van der Waals surface area contributed by atoms with Crippen molar-refractivity contribution in [1.29, 1.82) is 0 Å². The Hall–Kier alpha value is -1.38. The van der Waals surface area contributed by atoms with Gasteiger partial charge in [-0.25, -0.2) is 15.2 Å². The fourth-order valence-electron chi connectivity index (χ4n) is 2.27. The molecule has 0 saturated carbocycles. The molecular weight excluding hydrogens is 326 g/mol. The van der Waals surface area contributed by atoms with E-state index >= 15 is 0 Å². The predicted octanol–water partition coefficient (Wildman–Crippen LogP) is 2.14. The Labute approximate surface area is 129 Å². The van der Waals surface area contributed by atoms with E-state index in [1.54, 1.807) is 0 Å². The van der Waals surface area contributed by atoms with E-state index in [0.29, 0.717) is 0 Å². The van der Waals surface area contributed by atoms with Gasteiger partial charge < -0.3 is 5.32 Å². The third kappa shape index (κ3) is 3.68. The van der Waals surface area contributed by atoms with Gasteiger partial charge in [0.05, 0.1) is 12.6 Å². The van der Waals surface area contributed by atoms with Gasteiger partial charge in [-0.2, -0.15) is 13.2 Å². The minimum absolute atomic E-state index is 0.00708. The van der Waals surface area contributed by atoms with Crippen molar-refractivity contribution >= 4 is 17.5 Å². The lowest BCUT2D eigenvalue weighted by Crippen LogP contribution is -2.47. The van der Waals surface area contributed by atoms with Crippen molar-refractivity contribution < 1.29 is 22.4 Å². The third-order valence-corrected chi connectivity index (χ3v) is 3.87. The number of carbonyl (C=O) groups excluding carboxylic acids is 1. The first-order valence-electron chi connectivity index (χ1n) is 6.50. The maximum absolute atomic E-state index is 13.6. The molecule has 0 spiro atoms. The molecule has 9 heteroatoms. The minimum atomic E-state index is -4.43. The maximum Gasteiger partial charge on any atom is 0.405 e. The second-order valence-electron chi connectivity index (χ2n) is 5.09. The smallest absolute Gasteiger partial charge is 0.339 e. The summed E-state index contributed by atoms with van der Waals surface area (Å²) < 4.78 is 51.7. The monoisotopic (exact) mass is 339 g/mol. The number of nitrogens with one attached hydrogen (secondary N) is 3. The normalized spacial score (nSPS) is 25.3. The largest absolute Gasteiger partial charge is 0.405 e. The van der Waals surface area contributed by atoms with Crippen LogP contribution in [0.2, 0.25) is 5.02 Å². The second-order valence-corrected chi connectivity index (χ2v) is 5.50. The fourth-order valence-corrected chi connectivity index (χ4v) is 2.50. The van der Waals surface area contributed by atoms with E-state index in [4.69, 9.17) is 11.6 Å². The van der Waals surface area contributed by atoms with Crippen LogP contribution >= 0.6 is 11.6 Å². The van der Waals surface area contributed by atoms with Crippen molar-refractivity contribution in [3.8, 4) is 0 Å². The Morgan fingerprint density at radius 1 is 1.36 bits per heavy atom. The zero-order valence-corrected chi connectivity index (χ0v) is 12.2. The van der Waals surface area contributed by atoms with Crippen LogP contribution in [0.3, 0.4) is 0 Å². The van der Waals surface area contributed by atoms with Crippen LogP contribution in [0.4, 0.5) is 17.6 Å². The highest BCUT2D eigenvalue weighted by molar-refractivity contribution is 6.31. The Morgan fingerprint density at radius 2 is 2.05 bits per heavy atom. The quantitative estimate of drug-likeness (QED) is 0.740. The van der Waals surface area contributed by atoms with Crippen molar-refractivity contribution in [2.24, 2.45) is 5.92 Å². The number of alkyl halides is 3. The van der Waals surface area contributed by atoms with Crippen LogP contribution in [-0.2, 0) is 11.2 Å². The van der Waals surface area contributed by atoms with Gasteiger partial charge >= 0.3 is 6.18 Å². The van der Waals surface area contributed by atoms with Crippen LogP contribution in [0.5, 0.6) is 0 Å². The highest BCUT2D eigenvalue weighted by atomic mass is 35.5. The Kier molecular flexibility index (Phi) is 4.93. The first kappa shape index (κ1) is 17.0. The number of benzene rings is 1. The number of hydrogen-bond donors (Lipinski definition) is 3. The molecule has 1 amide bonds. The Morgan fingerprint density at radius 3 is 2.59 bits per heavy atom. The maximum atomic E-state index is 13.6. The number of hydrogen-bond acceptors (Lipinski definition) is 3. The summed E-state index contributed by atoms with van der Waals surface area (Å²) in [6.07, 6.45) is -5.70. The van der Waals surface area contributed by atoms with Crippen LogP contribution in [0.15, 0.2) is 18.2 Å². The van der Waals surface area contributed by atoms with Crippen LogP contribution in [0, 0.1) is 11.7 Å². The van der Waals surface area contributed by atoms with Crippen molar-refractivity contribution in [3.63, 3.8) is 0 Å². The van der Waals surface area contributed by atoms with Crippen LogP contribution in [0.1, 0.15) is 12.5 Å². The zero-order valence-electron chi connectivity index (χ0n) is 11.5. The van der Waals surface area contributed by atoms with E-state index in [9.17, 15) is 22.4 Å². The summed E-state index contributed by atoms with van der Waals surface area (Å²) in [7, 11) is 0. The van der Waals surface area contributed by atoms with Gasteiger partial charge in [-0.3, -0.25) is 4.79 Å². The van der Waals surface area contributed by atoms with Crippen LogP contribution < -0.4 is 16.2 Å². The molecule has 3 unspecified atom stereocenters. The molecule has 0 radical (unpaired) electrons. The third-order valence-electron chi connectivity index (χ3n) is 3.51. The average molecular weight is 340 g/mol. The number of amides is 1. The molecular formula is C13H14ClF4N3O. The molecule has 1 aromatic rings. The lowest BCUT2D eigenvalue weighted by Gasteiger charge is -2.21. The van der Waals surface area contributed by atoms with Crippen LogP contribution in [0.25, 0.3) is 0 Å². The van der Waals surface area contributed by atoms with Crippen molar-refractivity contribution in [3.05, 3.63) is 34.6 Å². The molecule has 22 heavy (non-hydrogen) atoms. The molecule has 0 bridgehead atoms. The Balaban J connectivity index is 1.99. The first-order valence-corrected chi connectivity index (χ1v) is 6.88. The van der Waals surface area contributed by atoms with E-state index in [1.165, 1.54) is 19.1 Å². The molecule has 3 N–H and O–H groups in total. The van der Waals surface area contributed by atoms with Gasteiger partial charge in [-0.15, -0.1) is 0 Å². The lowest BCUT2D eigenvalue weighted by atomic mass is 10.0. The summed E-state index contributed by atoms with van der Waals surface area (Å²) >= 11 is 5.81. The van der Waals surface area contributed by atoms with E-state index in [1.807, 2.05) is 0 Å². The molecule has 0 aliphatic carbocycles. The molecule has 0 aromatic heterocycles. The first-order chi connectivity index (χ1) is 10.2. The number of halogens is 5. The lowest BCUT2D eigenvalue weighted by molar-refractivity contribution is -0.161. The number of rotatable bonds is 3. The van der Waals surface area contributed by atoms with Gasteiger partial charge in [0.2, 0.25) is 5.91 Å². The van der Waals surface area contributed by atoms with E-state index in [2.05, 4.69) is 16.2 Å². The summed E-state index contributed by atoms with van der Waals surface area (Å²) in [5.41, 5.74) is 4.49. The summed E-state index contributed by atoms with van der Waals surface area (Å²) in [5, 5.41) is 2.49. The van der Waals surface area contributed by atoms with E-state index in [0.717, 1.165) is 6.07 Å². The van der Waals surface area contributed by atoms with Crippen molar-refractivity contribution in [2.45, 2.75) is 31.7 Å². The molecule has 1 fully saturated rings. The molecule has 1 aliphatic heterocycles. The predicted molar refractivity (Wildman–Crippen MR) is 72.3 cm³/mol. The molecule has 1 aromatic carbocycles. The van der Waals surface area contributed by atoms with Gasteiger partial charge in [-0.1, -0.05) is 24.6 Å². The van der Waals surface area contributed by atoms with Crippen LogP contribution in [-0.4, -0.2) is 24.3 Å². The average Bonchev–Trinajstić information content (AvgIpc) is 2.75. The van der Waals surface area contributed by atoms with Crippen molar-refractivity contribution in [2.75, 3.05) is 0 Å². The van der Waals surface area contributed by atoms with Gasteiger partial charge in [0.15, 0.2) is 0 Å². The molecule has 2 rings (SSSR count). The van der Waals surface area contributed by atoms with Crippen molar-refractivity contribution in [1.82, 2.24) is 16.2 Å². The molecule has 3 atom stereocenters. The van der Waals surface area contributed by atoms with Gasteiger partial charge in [0, 0.05) is 16.5 Å². The molecule has 1 saturated heterocycles. The van der Waals surface area contributed by atoms with Gasteiger partial charge in [0.25, 0.3) is 0 Å². The topological polar surface area (TPSA) is 53.2 Å². The summed E-state index contributed by atoms with van der Waals surface area (Å²) in [5.74, 6) is -2.18. The van der Waals surface area contributed by atoms with E-state index in [-0.39, 0.29) is 17.0 Å².